The van der Waals surface area contributed by atoms with E-state index in [0.717, 1.165) is 12.1 Å². The van der Waals surface area contributed by atoms with Gasteiger partial charge in [0.1, 0.15) is 34.5 Å². The third kappa shape index (κ3) is 5.00. The summed E-state index contributed by atoms with van der Waals surface area (Å²) < 4.78 is 115. The first kappa shape index (κ1) is 21.4. The highest BCUT2D eigenvalue weighted by Crippen LogP contribution is 2.37. The van der Waals surface area contributed by atoms with Crippen molar-refractivity contribution in [2.24, 2.45) is 0 Å². The van der Waals surface area contributed by atoms with Crippen LogP contribution in [0.25, 0.3) is 11.1 Å². The van der Waals surface area contributed by atoms with Crippen molar-refractivity contribution in [1.29, 1.82) is 0 Å². The summed E-state index contributed by atoms with van der Waals surface area (Å²) in [7, 11) is 0. The molecular weight excluding hydrogens is 424 g/mol. The molecule has 0 N–H and O–H groups in total. The fourth-order valence-corrected chi connectivity index (χ4v) is 2.59. The zero-order valence-electron chi connectivity index (χ0n) is 14.6. The van der Waals surface area contributed by atoms with Crippen LogP contribution in [0.3, 0.4) is 0 Å². The van der Waals surface area contributed by atoms with E-state index in [1.807, 2.05) is 0 Å². The second-order valence-corrected chi connectivity index (χ2v) is 5.96. The number of alkyl halides is 5. The summed E-state index contributed by atoms with van der Waals surface area (Å²) in [5.74, 6) is -5.37. The monoisotopic (exact) mass is 434 g/mol. The van der Waals surface area contributed by atoms with Crippen LogP contribution in [0.1, 0.15) is 5.56 Å². The number of hydrogen-bond acceptors (Lipinski definition) is 2. The molecule has 0 aromatic heterocycles. The lowest BCUT2D eigenvalue weighted by Crippen LogP contribution is -2.25. The van der Waals surface area contributed by atoms with Crippen LogP contribution in [-0.2, 0) is 6.11 Å². The largest absolute Gasteiger partial charge is 0.573 e. The molecule has 3 rings (SSSR count). The van der Waals surface area contributed by atoms with Crippen LogP contribution >= 0.6 is 0 Å². The van der Waals surface area contributed by atoms with Gasteiger partial charge in [-0.05, 0) is 59.7 Å². The Bertz CT molecular complexity index is 1020. The number of hydrogen-bond donors (Lipinski definition) is 0. The average Bonchev–Trinajstić information content (AvgIpc) is 2.61. The second-order valence-electron chi connectivity index (χ2n) is 5.96. The summed E-state index contributed by atoms with van der Waals surface area (Å²) in [5.41, 5.74) is -1.83. The fraction of sp³-hybridized carbons (Fsp3) is 0.100. The van der Waals surface area contributed by atoms with E-state index in [2.05, 4.69) is 9.47 Å². The predicted octanol–water partition coefficient (Wildman–Crippen LogP) is 6.80. The molecule has 0 aliphatic rings. The Labute approximate surface area is 164 Å². The van der Waals surface area contributed by atoms with Crippen molar-refractivity contribution in [3.63, 3.8) is 0 Å². The van der Waals surface area contributed by atoms with Crippen molar-refractivity contribution in [2.75, 3.05) is 0 Å². The Morgan fingerprint density at radius 1 is 0.600 bits per heavy atom. The quantitative estimate of drug-likeness (QED) is 0.412. The molecule has 0 amide bonds. The number of halogens is 8. The van der Waals surface area contributed by atoms with Crippen molar-refractivity contribution < 1.29 is 44.6 Å². The zero-order chi connectivity index (χ0) is 22.1. The second kappa shape index (κ2) is 7.85. The van der Waals surface area contributed by atoms with E-state index in [9.17, 15) is 35.1 Å². The Kier molecular flexibility index (Phi) is 5.60. The van der Waals surface area contributed by atoms with Crippen molar-refractivity contribution in [1.82, 2.24) is 0 Å². The van der Waals surface area contributed by atoms with Gasteiger partial charge in [-0.3, -0.25) is 0 Å². The van der Waals surface area contributed by atoms with Crippen LogP contribution in [0.2, 0.25) is 0 Å². The van der Waals surface area contributed by atoms with Gasteiger partial charge >= 0.3 is 12.5 Å². The average molecular weight is 434 g/mol. The Morgan fingerprint density at radius 2 is 1.13 bits per heavy atom. The van der Waals surface area contributed by atoms with E-state index in [0.29, 0.717) is 36.4 Å². The molecule has 0 unspecified atom stereocenters. The topological polar surface area (TPSA) is 18.5 Å². The standard InChI is InChI=1S/C20H10F8O2/c21-13-3-1-2-11(8-13)12-9-16(22)18(17(23)10-12)19(24,25)29-14-4-6-15(7-5-14)30-20(26,27)28/h1-10H. The van der Waals surface area contributed by atoms with Gasteiger partial charge in [0, 0.05) is 0 Å². The van der Waals surface area contributed by atoms with Crippen LogP contribution in [-0.4, -0.2) is 6.36 Å². The first-order chi connectivity index (χ1) is 13.9. The number of rotatable bonds is 5. The summed E-state index contributed by atoms with van der Waals surface area (Å²) in [6.07, 6.45) is -9.48. The molecule has 0 fully saturated rings. The lowest BCUT2D eigenvalue weighted by molar-refractivity contribution is -0.274. The number of benzene rings is 3. The maximum Gasteiger partial charge on any atom is 0.573 e. The van der Waals surface area contributed by atoms with Gasteiger partial charge in [0.05, 0.1) is 0 Å². The first-order valence-corrected chi connectivity index (χ1v) is 8.13. The summed E-state index contributed by atoms with van der Waals surface area (Å²) in [6, 6.07) is 8.66. The van der Waals surface area contributed by atoms with Gasteiger partial charge in [-0.15, -0.1) is 13.2 Å². The maximum atomic E-state index is 14.4. The van der Waals surface area contributed by atoms with Gasteiger partial charge in [0.2, 0.25) is 0 Å². The molecule has 0 aliphatic heterocycles. The molecule has 0 saturated heterocycles. The van der Waals surface area contributed by atoms with Crippen molar-refractivity contribution in [3.05, 3.63) is 83.7 Å². The predicted molar refractivity (Wildman–Crippen MR) is 89.4 cm³/mol. The van der Waals surface area contributed by atoms with Gasteiger partial charge in [0.25, 0.3) is 0 Å². The van der Waals surface area contributed by atoms with Crippen LogP contribution in [0.4, 0.5) is 35.1 Å². The molecular formula is C20H10F8O2. The van der Waals surface area contributed by atoms with Gasteiger partial charge in [-0.2, -0.15) is 8.78 Å². The molecule has 0 atom stereocenters. The van der Waals surface area contributed by atoms with Crippen LogP contribution in [0.5, 0.6) is 11.5 Å². The molecule has 0 bridgehead atoms. The van der Waals surface area contributed by atoms with E-state index in [1.54, 1.807) is 0 Å². The Hall–Kier alpha value is -3.30. The van der Waals surface area contributed by atoms with Gasteiger partial charge in [-0.1, -0.05) is 12.1 Å². The summed E-state index contributed by atoms with van der Waals surface area (Å²) >= 11 is 0. The molecule has 0 spiro atoms. The molecule has 158 valence electrons. The Morgan fingerprint density at radius 3 is 1.63 bits per heavy atom. The fourth-order valence-electron chi connectivity index (χ4n) is 2.59. The summed E-state index contributed by atoms with van der Waals surface area (Å²) in [4.78, 5) is 0. The highest BCUT2D eigenvalue weighted by Gasteiger charge is 2.41. The molecule has 30 heavy (non-hydrogen) atoms. The summed E-state index contributed by atoms with van der Waals surface area (Å²) in [6.45, 7) is 0. The third-order valence-electron chi connectivity index (χ3n) is 3.79. The van der Waals surface area contributed by atoms with Crippen LogP contribution < -0.4 is 9.47 Å². The molecule has 0 saturated carbocycles. The van der Waals surface area contributed by atoms with Crippen LogP contribution in [0, 0.1) is 17.5 Å². The molecule has 0 aliphatic carbocycles. The Balaban J connectivity index is 1.87. The first-order valence-electron chi connectivity index (χ1n) is 8.13. The SMILES string of the molecule is Fc1cccc(-c2cc(F)c(C(F)(F)Oc3ccc(OC(F)(F)F)cc3)c(F)c2)c1. The minimum atomic E-state index is -4.98. The van der Waals surface area contributed by atoms with Gasteiger partial charge < -0.3 is 9.47 Å². The lowest BCUT2D eigenvalue weighted by atomic mass is 10.0. The van der Waals surface area contributed by atoms with Crippen molar-refractivity contribution in [2.45, 2.75) is 12.5 Å². The van der Waals surface area contributed by atoms with Crippen molar-refractivity contribution in [3.8, 4) is 22.6 Å². The summed E-state index contributed by atoms with van der Waals surface area (Å²) in [5, 5.41) is 0. The van der Waals surface area contributed by atoms with Crippen LogP contribution in [0.15, 0.2) is 60.7 Å². The lowest BCUT2D eigenvalue weighted by Gasteiger charge is -2.20. The van der Waals surface area contributed by atoms with Crippen molar-refractivity contribution >= 4 is 0 Å². The third-order valence-corrected chi connectivity index (χ3v) is 3.79. The molecule has 3 aromatic carbocycles. The van der Waals surface area contributed by atoms with E-state index >= 15 is 0 Å². The normalized spacial score (nSPS) is 12.0. The van der Waals surface area contributed by atoms with E-state index in [1.165, 1.54) is 12.1 Å². The molecule has 0 heterocycles. The zero-order valence-corrected chi connectivity index (χ0v) is 14.6. The molecule has 2 nitrogen and oxygen atoms in total. The smallest absolute Gasteiger partial charge is 0.429 e. The minimum absolute atomic E-state index is 0.0591. The molecule has 3 aromatic rings. The van der Waals surface area contributed by atoms with E-state index in [-0.39, 0.29) is 11.1 Å². The molecule has 0 radical (unpaired) electrons. The maximum absolute atomic E-state index is 14.4. The minimum Gasteiger partial charge on any atom is -0.429 e. The van der Waals surface area contributed by atoms with Gasteiger partial charge in [-0.25, -0.2) is 13.2 Å². The molecule has 10 heteroatoms. The highest BCUT2D eigenvalue weighted by molar-refractivity contribution is 5.64. The van der Waals surface area contributed by atoms with E-state index < -0.39 is 47.0 Å². The highest BCUT2D eigenvalue weighted by atomic mass is 19.4. The van der Waals surface area contributed by atoms with Gasteiger partial charge in [0.15, 0.2) is 0 Å². The van der Waals surface area contributed by atoms with E-state index in [4.69, 9.17) is 0 Å². The number of ether oxygens (including phenoxy) is 2.